The van der Waals surface area contributed by atoms with E-state index < -0.39 is 24.1 Å². The third kappa shape index (κ3) is 5.23. The smallest absolute Gasteiger partial charge is 0.345 e. The first-order valence-corrected chi connectivity index (χ1v) is 7.53. The molecule has 0 amide bonds. The fraction of sp³-hybridized carbons (Fsp3) is 0.400. The summed E-state index contributed by atoms with van der Waals surface area (Å²) in [6.07, 6.45) is 1.94. The minimum Gasteiger partial charge on any atom is -0.454 e. The highest BCUT2D eigenvalue weighted by atomic mass is 32.2. The van der Waals surface area contributed by atoms with Gasteiger partial charge in [-0.2, -0.15) is 0 Å². The summed E-state index contributed by atoms with van der Waals surface area (Å²) in [5.41, 5.74) is -0.865. The van der Waals surface area contributed by atoms with Crippen molar-refractivity contribution in [2.24, 2.45) is 0 Å². The molecule has 0 heterocycles. The van der Waals surface area contributed by atoms with E-state index >= 15 is 0 Å². The van der Waals surface area contributed by atoms with E-state index in [0.29, 0.717) is 5.56 Å². The van der Waals surface area contributed by atoms with E-state index in [-0.39, 0.29) is 5.78 Å². The molecule has 0 aliphatic carbocycles. The second-order valence-corrected chi connectivity index (χ2v) is 5.70. The summed E-state index contributed by atoms with van der Waals surface area (Å²) in [5.74, 6) is -1.65. The standard InChI is InChI=1S/C15H18O5S/c1-10(16)19-9-13(17)20-15(2,3)14(18)11-5-7-12(21-4)8-6-11/h5-8H,9H2,1-4H3. The third-order valence-electron chi connectivity index (χ3n) is 2.66. The molecule has 6 heteroatoms. The van der Waals surface area contributed by atoms with Crippen LogP contribution in [0.1, 0.15) is 31.1 Å². The number of carbonyl (C=O) groups is 3. The van der Waals surface area contributed by atoms with E-state index in [2.05, 4.69) is 4.74 Å². The van der Waals surface area contributed by atoms with Crippen molar-refractivity contribution in [3.05, 3.63) is 29.8 Å². The van der Waals surface area contributed by atoms with E-state index in [4.69, 9.17) is 4.74 Å². The lowest BCUT2D eigenvalue weighted by Crippen LogP contribution is -2.38. The zero-order valence-corrected chi connectivity index (χ0v) is 13.3. The minimum absolute atomic E-state index is 0.314. The minimum atomic E-state index is -1.32. The number of carbonyl (C=O) groups excluding carboxylic acids is 3. The van der Waals surface area contributed by atoms with Crippen molar-refractivity contribution in [3.8, 4) is 0 Å². The van der Waals surface area contributed by atoms with Crippen LogP contribution >= 0.6 is 11.8 Å². The molecule has 0 unspecified atom stereocenters. The Morgan fingerprint density at radius 2 is 1.71 bits per heavy atom. The Morgan fingerprint density at radius 1 is 1.14 bits per heavy atom. The number of ether oxygens (including phenoxy) is 2. The van der Waals surface area contributed by atoms with Crippen molar-refractivity contribution in [2.45, 2.75) is 31.3 Å². The monoisotopic (exact) mass is 310 g/mol. The topological polar surface area (TPSA) is 69.7 Å². The Kier molecular flexibility index (Phi) is 5.96. The molecule has 0 atom stereocenters. The number of Topliss-reactive ketones (excluding diaryl/α,β-unsaturated/α-hetero) is 1. The van der Waals surface area contributed by atoms with E-state index in [0.717, 1.165) is 4.90 Å². The number of esters is 2. The van der Waals surface area contributed by atoms with Gasteiger partial charge in [-0.05, 0) is 32.2 Å². The van der Waals surface area contributed by atoms with Gasteiger partial charge in [0.15, 0.2) is 12.2 Å². The third-order valence-corrected chi connectivity index (χ3v) is 3.40. The van der Waals surface area contributed by atoms with Crippen molar-refractivity contribution in [2.75, 3.05) is 12.9 Å². The van der Waals surface area contributed by atoms with Gasteiger partial charge < -0.3 is 9.47 Å². The largest absolute Gasteiger partial charge is 0.454 e. The van der Waals surface area contributed by atoms with Crippen molar-refractivity contribution < 1.29 is 23.9 Å². The van der Waals surface area contributed by atoms with Gasteiger partial charge in [-0.15, -0.1) is 11.8 Å². The van der Waals surface area contributed by atoms with Gasteiger partial charge in [-0.3, -0.25) is 9.59 Å². The van der Waals surface area contributed by atoms with Crippen molar-refractivity contribution in [1.82, 2.24) is 0 Å². The summed E-state index contributed by atoms with van der Waals surface area (Å²) in [4.78, 5) is 35.6. The molecule has 0 spiro atoms. The Balaban J connectivity index is 2.73. The molecule has 0 fully saturated rings. The quantitative estimate of drug-likeness (QED) is 0.457. The second kappa shape index (κ2) is 7.26. The van der Waals surface area contributed by atoms with Crippen molar-refractivity contribution in [3.63, 3.8) is 0 Å². The van der Waals surface area contributed by atoms with E-state index in [1.807, 2.05) is 18.4 Å². The highest BCUT2D eigenvalue weighted by Crippen LogP contribution is 2.20. The van der Waals surface area contributed by atoms with Crippen LogP contribution in [-0.2, 0) is 19.1 Å². The molecule has 5 nitrogen and oxygen atoms in total. The molecule has 0 aliphatic rings. The molecule has 21 heavy (non-hydrogen) atoms. The van der Waals surface area contributed by atoms with Gasteiger partial charge in [0.1, 0.15) is 0 Å². The molecular weight excluding hydrogens is 292 g/mol. The zero-order valence-electron chi connectivity index (χ0n) is 12.5. The number of rotatable bonds is 6. The molecule has 0 N–H and O–H groups in total. The van der Waals surface area contributed by atoms with Gasteiger partial charge in [-0.1, -0.05) is 12.1 Å². The second-order valence-electron chi connectivity index (χ2n) is 4.82. The van der Waals surface area contributed by atoms with Crippen LogP contribution in [-0.4, -0.2) is 36.2 Å². The Morgan fingerprint density at radius 3 is 2.19 bits per heavy atom. The molecule has 1 aromatic carbocycles. The van der Waals surface area contributed by atoms with Gasteiger partial charge in [0.2, 0.25) is 5.78 Å². The predicted octanol–water partition coefficient (Wildman–Crippen LogP) is 2.48. The van der Waals surface area contributed by atoms with Gasteiger partial charge in [-0.25, -0.2) is 4.79 Å². The van der Waals surface area contributed by atoms with Crippen LogP contribution in [0.3, 0.4) is 0 Å². The van der Waals surface area contributed by atoms with Gasteiger partial charge in [0, 0.05) is 17.4 Å². The molecule has 0 aliphatic heterocycles. The first-order valence-electron chi connectivity index (χ1n) is 6.30. The molecule has 0 saturated heterocycles. The maximum Gasteiger partial charge on any atom is 0.345 e. The number of benzene rings is 1. The summed E-state index contributed by atoms with van der Waals surface area (Å²) in [6.45, 7) is 3.70. The molecular formula is C15H18O5S. The lowest BCUT2D eigenvalue weighted by molar-refractivity contribution is -0.163. The van der Waals surface area contributed by atoms with Gasteiger partial charge in [0.25, 0.3) is 0 Å². The van der Waals surface area contributed by atoms with Gasteiger partial charge in [0.05, 0.1) is 0 Å². The van der Waals surface area contributed by atoms with Crippen LogP contribution in [0.4, 0.5) is 0 Å². The normalized spacial score (nSPS) is 10.9. The van der Waals surface area contributed by atoms with Crippen LogP contribution in [0.15, 0.2) is 29.2 Å². The van der Waals surface area contributed by atoms with Crippen molar-refractivity contribution in [1.29, 1.82) is 0 Å². The Hall–Kier alpha value is -1.82. The zero-order chi connectivity index (χ0) is 16.0. The Bertz CT molecular complexity index is 533. The van der Waals surface area contributed by atoms with E-state index in [1.165, 1.54) is 20.8 Å². The molecule has 1 aromatic rings. The highest BCUT2D eigenvalue weighted by Gasteiger charge is 2.33. The fourth-order valence-corrected chi connectivity index (χ4v) is 2.02. The molecule has 0 saturated carbocycles. The number of hydrogen-bond donors (Lipinski definition) is 0. The van der Waals surface area contributed by atoms with Crippen LogP contribution in [0.5, 0.6) is 0 Å². The Labute approximate surface area is 128 Å². The van der Waals surface area contributed by atoms with Crippen LogP contribution in [0.2, 0.25) is 0 Å². The number of hydrogen-bond acceptors (Lipinski definition) is 6. The van der Waals surface area contributed by atoms with Crippen LogP contribution in [0.25, 0.3) is 0 Å². The molecule has 1 rings (SSSR count). The van der Waals surface area contributed by atoms with E-state index in [1.54, 1.807) is 23.9 Å². The van der Waals surface area contributed by atoms with Crippen molar-refractivity contribution >= 4 is 29.5 Å². The lowest BCUT2D eigenvalue weighted by Gasteiger charge is -2.23. The summed E-state index contributed by atoms with van der Waals surface area (Å²) in [7, 11) is 0. The summed E-state index contributed by atoms with van der Waals surface area (Å²) in [6, 6.07) is 7.04. The molecule has 0 aromatic heterocycles. The fourth-order valence-electron chi connectivity index (χ4n) is 1.61. The van der Waals surface area contributed by atoms with Crippen LogP contribution < -0.4 is 0 Å². The van der Waals surface area contributed by atoms with E-state index in [9.17, 15) is 14.4 Å². The average Bonchev–Trinajstić information content (AvgIpc) is 2.44. The van der Waals surface area contributed by atoms with Gasteiger partial charge >= 0.3 is 11.9 Å². The maximum atomic E-state index is 12.3. The first-order chi connectivity index (χ1) is 9.76. The first kappa shape index (κ1) is 17.2. The summed E-state index contributed by atoms with van der Waals surface area (Å²) >= 11 is 1.57. The summed E-state index contributed by atoms with van der Waals surface area (Å²) < 4.78 is 9.63. The average molecular weight is 310 g/mol. The van der Waals surface area contributed by atoms with Crippen LogP contribution in [0, 0.1) is 0 Å². The highest BCUT2D eigenvalue weighted by molar-refractivity contribution is 7.98. The predicted molar refractivity (Wildman–Crippen MR) is 79.4 cm³/mol. The molecule has 0 radical (unpaired) electrons. The number of thioether (sulfide) groups is 1. The number of ketones is 1. The summed E-state index contributed by atoms with van der Waals surface area (Å²) in [5, 5.41) is 0. The molecule has 114 valence electrons. The maximum absolute atomic E-state index is 12.3. The SMILES string of the molecule is CSc1ccc(C(=O)C(C)(C)OC(=O)COC(C)=O)cc1. The molecule has 0 bridgehead atoms. The lowest BCUT2D eigenvalue weighted by atomic mass is 9.96.